The summed E-state index contributed by atoms with van der Waals surface area (Å²) in [5, 5.41) is 17.3. The molecule has 3 aromatic carbocycles. The zero-order chi connectivity index (χ0) is 32.2. The van der Waals surface area contributed by atoms with Crippen molar-refractivity contribution >= 4 is 9.84 Å². The van der Waals surface area contributed by atoms with Crippen molar-refractivity contribution in [1.82, 2.24) is 24.5 Å². The van der Waals surface area contributed by atoms with Crippen LogP contribution in [0.15, 0.2) is 65.8 Å². The van der Waals surface area contributed by atoms with E-state index in [-0.39, 0.29) is 39.6 Å². The molecular weight excluding hydrogens is 619 g/mol. The number of aliphatic hydroxyl groups is 1. The Labute approximate surface area is 244 Å². The number of halogens is 7. The van der Waals surface area contributed by atoms with Crippen LogP contribution in [0, 0.1) is 18.8 Å². The van der Waals surface area contributed by atoms with Gasteiger partial charge in [0.25, 0.3) is 0 Å². The van der Waals surface area contributed by atoms with Gasteiger partial charge in [-0.1, -0.05) is 17.3 Å². The minimum absolute atomic E-state index is 0.0126. The second kappa shape index (κ2) is 10.9. The van der Waals surface area contributed by atoms with Gasteiger partial charge in [-0.3, -0.25) is 0 Å². The zero-order valence-electron chi connectivity index (χ0n) is 22.5. The van der Waals surface area contributed by atoms with Gasteiger partial charge in [0.05, 0.1) is 40.3 Å². The second-order valence-corrected chi connectivity index (χ2v) is 11.6. The van der Waals surface area contributed by atoms with Crippen LogP contribution in [0.1, 0.15) is 22.6 Å². The fraction of sp³-hybridized carbons (Fsp3) is 0.179. The van der Waals surface area contributed by atoms with E-state index in [0.717, 1.165) is 58.2 Å². The molecule has 0 atom stereocenters. The topological polar surface area (TPSA) is 103 Å². The summed E-state index contributed by atoms with van der Waals surface area (Å²) in [7, 11) is -4.02. The number of benzene rings is 3. The molecule has 8 nitrogen and oxygen atoms in total. The number of hydrogen-bond acceptors (Lipinski definition) is 6. The molecule has 0 unspecified atom stereocenters. The zero-order valence-corrected chi connectivity index (χ0v) is 23.4. The Bertz CT molecular complexity index is 2000. The summed E-state index contributed by atoms with van der Waals surface area (Å²) in [6.07, 6.45) is -6.82. The molecule has 44 heavy (non-hydrogen) atoms. The quantitative estimate of drug-likeness (QED) is 0.230. The number of aryl methyl sites for hydroxylation is 1. The number of nitrogens with zero attached hydrogens (tertiary/aromatic N) is 5. The van der Waals surface area contributed by atoms with E-state index in [0.29, 0.717) is 0 Å². The molecule has 1 radical (unpaired) electrons. The van der Waals surface area contributed by atoms with E-state index in [1.165, 1.54) is 25.1 Å². The van der Waals surface area contributed by atoms with Gasteiger partial charge < -0.3 is 9.67 Å². The summed E-state index contributed by atoms with van der Waals surface area (Å²) in [4.78, 5) is 3.09. The smallest absolute Gasteiger partial charge is 0.392 e. The number of aliphatic hydroxyl groups excluding tert-OH is 1. The van der Waals surface area contributed by atoms with Gasteiger partial charge in [-0.2, -0.15) is 26.3 Å². The number of hydrogen-bond donors (Lipinski definition) is 1. The lowest BCUT2D eigenvalue weighted by molar-refractivity contribution is -0.141. The summed E-state index contributed by atoms with van der Waals surface area (Å²) in [6, 6.07) is 11.4. The van der Waals surface area contributed by atoms with Crippen molar-refractivity contribution in [2.75, 3.05) is 6.26 Å². The van der Waals surface area contributed by atoms with Gasteiger partial charge in [-0.15, -0.1) is 5.10 Å². The fourth-order valence-electron chi connectivity index (χ4n) is 4.58. The van der Waals surface area contributed by atoms with Crippen LogP contribution in [0.2, 0.25) is 0 Å². The van der Waals surface area contributed by atoms with Crippen LogP contribution in [0.25, 0.3) is 33.8 Å². The molecule has 0 fully saturated rings. The summed E-state index contributed by atoms with van der Waals surface area (Å²) in [6.45, 7) is 0.396. The molecule has 0 saturated carbocycles. The Morgan fingerprint density at radius 3 is 2.30 bits per heavy atom. The number of aromatic nitrogens is 5. The first-order valence-electron chi connectivity index (χ1n) is 12.4. The SMILES string of the molecule is Cc1nc(C(F)(F)F)cn1-c1ccc(-c2cc(F)c(CO)c(S(C)(=O)=O)c2)cc1-n1nncc1-c1[c]ccc(C(F)(F)F)c1. The predicted octanol–water partition coefficient (Wildman–Crippen LogP) is 5.97. The third-order valence-electron chi connectivity index (χ3n) is 6.64. The van der Waals surface area contributed by atoms with E-state index in [1.807, 2.05) is 0 Å². The highest BCUT2D eigenvalue weighted by Gasteiger charge is 2.35. The largest absolute Gasteiger partial charge is 0.434 e. The molecule has 16 heteroatoms. The van der Waals surface area contributed by atoms with Crippen LogP contribution in [0.3, 0.4) is 0 Å². The molecule has 0 amide bonds. The molecule has 0 saturated heterocycles. The minimum atomic E-state index is -4.80. The van der Waals surface area contributed by atoms with Crippen LogP contribution in [-0.4, -0.2) is 44.3 Å². The Morgan fingerprint density at radius 1 is 0.955 bits per heavy atom. The Hall–Kier alpha value is -4.57. The van der Waals surface area contributed by atoms with Crippen LogP contribution in [0.5, 0.6) is 0 Å². The van der Waals surface area contributed by atoms with E-state index in [4.69, 9.17) is 0 Å². The Kier molecular flexibility index (Phi) is 7.62. The highest BCUT2D eigenvalue weighted by atomic mass is 32.2. The third kappa shape index (κ3) is 5.81. The van der Waals surface area contributed by atoms with Crippen LogP contribution < -0.4 is 0 Å². The average molecular weight is 639 g/mol. The maximum atomic E-state index is 15.0. The molecule has 0 bridgehead atoms. The first-order valence-corrected chi connectivity index (χ1v) is 14.3. The highest BCUT2D eigenvalue weighted by molar-refractivity contribution is 7.90. The molecule has 2 heterocycles. The van der Waals surface area contributed by atoms with Crippen molar-refractivity contribution in [3.8, 4) is 33.8 Å². The van der Waals surface area contributed by atoms with Crippen molar-refractivity contribution in [3.63, 3.8) is 0 Å². The van der Waals surface area contributed by atoms with Gasteiger partial charge in [0, 0.05) is 23.6 Å². The summed E-state index contributed by atoms with van der Waals surface area (Å²) in [5.74, 6) is -1.13. The number of rotatable bonds is 6. The average Bonchev–Trinajstić information content (AvgIpc) is 3.58. The van der Waals surface area contributed by atoms with Crippen molar-refractivity contribution < 1.29 is 44.3 Å². The Morgan fingerprint density at radius 2 is 1.68 bits per heavy atom. The van der Waals surface area contributed by atoms with Crippen LogP contribution in [-0.2, 0) is 28.8 Å². The standard InChI is InChI=1S/C28H19F7N5O3S/c1-15-37-26(28(33,34)35)13-39(15)22-7-6-16(18-9-21(29)20(14-41)25(11-18)44(2,42)43)10-23(22)40-24(12-36-38-40)17-4-3-5-19(8-17)27(30,31)32/h3,5-13,41H,14H2,1-2H3. The molecule has 0 aliphatic rings. The predicted molar refractivity (Wildman–Crippen MR) is 142 cm³/mol. The molecular formula is C28H19F7N5O3S. The van der Waals surface area contributed by atoms with E-state index in [1.54, 1.807) is 0 Å². The van der Waals surface area contributed by atoms with Gasteiger partial charge in [-0.05, 0) is 60.5 Å². The summed E-state index contributed by atoms with van der Waals surface area (Å²) >= 11 is 0. The van der Waals surface area contributed by atoms with Crippen molar-refractivity contribution in [3.05, 3.63) is 95.5 Å². The number of alkyl halides is 6. The van der Waals surface area contributed by atoms with E-state index >= 15 is 0 Å². The van der Waals surface area contributed by atoms with Crippen molar-refractivity contribution in [2.24, 2.45) is 0 Å². The lowest BCUT2D eigenvalue weighted by Gasteiger charge is -2.17. The highest BCUT2D eigenvalue weighted by Crippen LogP contribution is 2.36. The molecule has 0 aliphatic carbocycles. The molecule has 5 aromatic rings. The van der Waals surface area contributed by atoms with E-state index in [9.17, 15) is 44.3 Å². The second-order valence-electron chi connectivity index (χ2n) is 9.63. The summed E-state index contributed by atoms with van der Waals surface area (Å²) < 4.78 is 123. The molecule has 2 aromatic heterocycles. The lowest BCUT2D eigenvalue weighted by atomic mass is 10.0. The Balaban J connectivity index is 1.78. The maximum absolute atomic E-state index is 15.0. The lowest BCUT2D eigenvalue weighted by Crippen LogP contribution is -2.09. The van der Waals surface area contributed by atoms with Gasteiger partial charge in [0.15, 0.2) is 15.5 Å². The summed E-state index contributed by atoms with van der Waals surface area (Å²) in [5.41, 5.74) is -2.62. The van der Waals surface area contributed by atoms with Gasteiger partial charge in [0.1, 0.15) is 11.6 Å². The van der Waals surface area contributed by atoms with E-state index in [2.05, 4.69) is 21.4 Å². The van der Waals surface area contributed by atoms with Crippen LogP contribution in [0.4, 0.5) is 30.7 Å². The minimum Gasteiger partial charge on any atom is -0.392 e. The molecule has 0 aliphatic heterocycles. The van der Waals surface area contributed by atoms with Gasteiger partial charge in [0.2, 0.25) is 0 Å². The molecule has 0 spiro atoms. The third-order valence-corrected chi connectivity index (χ3v) is 7.80. The first kappa shape index (κ1) is 30.9. The molecule has 5 rings (SSSR count). The monoisotopic (exact) mass is 638 g/mol. The van der Waals surface area contributed by atoms with Gasteiger partial charge >= 0.3 is 12.4 Å². The number of sulfone groups is 1. The van der Waals surface area contributed by atoms with Gasteiger partial charge in [-0.25, -0.2) is 22.5 Å². The normalized spacial score (nSPS) is 12.6. The maximum Gasteiger partial charge on any atom is 0.434 e. The fourth-order valence-corrected chi connectivity index (χ4v) is 5.53. The van der Waals surface area contributed by atoms with Crippen LogP contribution >= 0.6 is 0 Å². The molecule has 1 N–H and O–H groups in total. The first-order chi connectivity index (χ1) is 20.5. The van der Waals surface area contributed by atoms with E-state index < -0.39 is 56.3 Å². The molecule has 229 valence electrons. The van der Waals surface area contributed by atoms with Crippen molar-refractivity contribution in [2.45, 2.75) is 30.8 Å². The van der Waals surface area contributed by atoms with Crippen molar-refractivity contribution in [1.29, 1.82) is 0 Å². The number of imidazole rings is 1.